The van der Waals surface area contributed by atoms with Gasteiger partial charge in [-0.25, -0.2) is 5.01 Å². The van der Waals surface area contributed by atoms with Gasteiger partial charge in [0.2, 0.25) is 11.8 Å². The van der Waals surface area contributed by atoms with Crippen molar-refractivity contribution in [3.8, 4) is 11.1 Å². The van der Waals surface area contributed by atoms with Gasteiger partial charge in [-0.15, -0.1) is 6.58 Å². The number of fused-ring (bicyclic) bond motifs is 1. The van der Waals surface area contributed by atoms with E-state index < -0.39 is 0 Å². The van der Waals surface area contributed by atoms with Gasteiger partial charge in [0.1, 0.15) is 0 Å². The molecule has 1 saturated heterocycles. The van der Waals surface area contributed by atoms with Gasteiger partial charge in [0.05, 0.1) is 12.5 Å². The number of nitrogens with one attached hydrogen (secondary N) is 1. The average molecular weight is 230 g/mol. The first-order chi connectivity index (χ1) is 8.11. The highest BCUT2D eigenvalue weighted by atomic mass is 16.2. The number of nitrogens with zero attached hydrogens (tertiary/aromatic N) is 1. The number of β-lactam (4-membered cyclic amide) rings is 1. The fourth-order valence-corrected chi connectivity index (χ4v) is 1.62. The van der Waals surface area contributed by atoms with E-state index in [1.807, 2.05) is 0 Å². The minimum absolute atomic E-state index is 0.0219. The molecule has 17 heavy (non-hydrogen) atoms. The molecule has 4 nitrogen and oxygen atoms in total. The molecule has 0 radical (unpaired) electrons. The van der Waals surface area contributed by atoms with Crippen LogP contribution in [0.15, 0.2) is 36.9 Å². The number of rotatable bonds is 2. The monoisotopic (exact) mass is 230 g/mol. The zero-order chi connectivity index (χ0) is 12.4. The predicted molar refractivity (Wildman–Crippen MR) is 64.7 cm³/mol. The van der Waals surface area contributed by atoms with Crippen molar-refractivity contribution in [2.75, 3.05) is 0 Å². The molecule has 1 unspecified atom stereocenters. The van der Waals surface area contributed by atoms with E-state index in [4.69, 9.17) is 0 Å². The second-order valence-electron chi connectivity index (χ2n) is 4.02. The first kappa shape index (κ1) is 11.4. The number of hydrazine groups is 1. The lowest BCUT2D eigenvalue weighted by molar-refractivity contribution is -0.153. The number of carbonyl (C=O) groups is 2. The molecular weight excluding hydrogens is 216 g/mol. The van der Waals surface area contributed by atoms with E-state index in [1.54, 1.807) is 6.08 Å². The minimum Gasteiger partial charge on any atom is -0.274 e. The normalized spacial score (nSPS) is 18.5. The lowest BCUT2D eigenvalue weighted by Crippen LogP contribution is -2.59. The first-order valence-electron chi connectivity index (χ1n) is 5.44. The summed E-state index contributed by atoms with van der Waals surface area (Å²) in [6, 6.07) is 8.46. The smallest absolute Gasteiger partial charge is 0.244 e. The van der Waals surface area contributed by atoms with Crippen molar-refractivity contribution in [1.29, 1.82) is 0 Å². The number of hydrogen-bond donors (Lipinski definition) is 1. The van der Waals surface area contributed by atoms with Crippen molar-refractivity contribution < 1.29 is 9.59 Å². The zero-order valence-corrected chi connectivity index (χ0v) is 9.64. The summed E-state index contributed by atoms with van der Waals surface area (Å²) in [6.07, 6.45) is 2.08. The molecule has 0 aromatic rings. The Labute approximate surface area is 99.9 Å². The predicted octanol–water partition coefficient (Wildman–Crippen LogP) is 1.49. The average Bonchev–Trinajstić information content (AvgIpc) is 2.91. The molecular formula is C13H14N2O2. The van der Waals surface area contributed by atoms with Gasteiger partial charge < -0.3 is 0 Å². The van der Waals surface area contributed by atoms with Gasteiger partial charge >= 0.3 is 0 Å². The number of hydrogen-bond acceptors (Lipinski definition) is 2. The molecule has 3 rings (SSSR count). The summed E-state index contributed by atoms with van der Waals surface area (Å²) in [6.45, 7) is 4.90. The Morgan fingerprint density at radius 2 is 2.18 bits per heavy atom. The van der Waals surface area contributed by atoms with E-state index in [2.05, 4.69) is 36.3 Å². The van der Waals surface area contributed by atoms with Crippen molar-refractivity contribution in [3.05, 3.63) is 36.9 Å². The lowest BCUT2D eigenvalue weighted by atomic mass is 10.1. The first-order valence-corrected chi connectivity index (χ1v) is 5.44. The van der Waals surface area contributed by atoms with Crippen molar-refractivity contribution in [3.63, 3.8) is 0 Å². The van der Waals surface area contributed by atoms with Crippen LogP contribution in [0.25, 0.3) is 11.1 Å². The second kappa shape index (κ2) is 4.41. The van der Waals surface area contributed by atoms with Crippen LogP contribution in [0.3, 0.4) is 0 Å². The third-order valence-corrected chi connectivity index (χ3v) is 2.65. The van der Waals surface area contributed by atoms with E-state index in [0.29, 0.717) is 6.42 Å². The molecule has 0 aromatic carbocycles. The van der Waals surface area contributed by atoms with Gasteiger partial charge in [-0.3, -0.25) is 15.0 Å². The van der Waals surface area contributed by atoms with Gasteiger partial charge in [-0.05, 0) is 17.2 Å². The van der Waals surface area contributed by atoms with Crippen LogP contribution >= 0.6 is 0 Å². The SMILES string of the molecule is C=CC1CC(=O)N1NC(C)=O.c1cc2cc-2c1. The summed E-state index contributed by atoms with van der Waals surface area (Å²) >= 11 is 0. The Bertz CT molecular complexity index is 465. The van der Waals surface area contributed by atoms with Gasteiger partial charge in [-0.2, -0.15) is 0 Å². The Hall–Kier alpha value is -2.10. The quantitative estimate of drug-likeness (QED) is 0.627. The second-order valence-corrected chi connectivity index (χ2v) is 4.02. The van der Waals surface area contributed by atoms with Crippen LogP contribution in [0.2, 0.25) is 0 Å². The van der Waals surface area contributed by atoms with Crippen LogP contribution in [-0.2, 0) is 9.59 Å². The standard InChI is InChI=1S/C7H10N2O2.C6H4/c1-3-6-4-7(11)9(6)8-5(2)10;1-2-5-4-6(5)3-1/h3,6H,1,4H2,2H3,(H,8,10);1-4H. The van der Waals surface area contributed by atoms with Crippen molar-refractivity contribution >= 4 is 11.8 Å². The molecule has 1 atom stereocenters. The molecule has 2 aliphatic carbocycles. The van der Waals surface area contributed by atoms with E-state index >= 15 is 0 Å². The fourth-order valence-electron chi connectivity index (χ4n) is 1.62. The Morgan fingerprint density at radius 1 is 1.53 bits per heavy atom. The summed E-state index contributed by atoms with van der Waals surface area (Å²) in [5, 5.41) is 1.29. The summed E-state index contributed by atoms with van der Waals surface area (Å²) < 4.78 is 0. The lowest BCUT2D eigenvalue weighted by Gasteiger charge is -2.37. The summed E-state index contributed by atoms with van der Waals surface area (Å²) in [5.41, 5.74) is 5.26. The molecule has 1 aliphatic heterocycles. The maximum atomic E-state index is 10.8. The molecule has 1 heterocycles. The highest BCUT2D eigenvalue weighted by Gasteiger charge is 2.34. The maximum Gasteiger partial charge on any atom is 0.244 e. The van der Waals surface area contributed by atoms with Crippen molar-refractivity contribution in [2.24, 2.45) is 0 Å². The highest BCUT2D eigenvalue weighted by Crippen LogP contribution is 2.32. The Morgan fingerprint density at radius 3 is 2.47 bits per heavy atom. The molecule has 1 N–H and O–H groups in total. The van der Waals surface area contributed by atoms with E-state index in [-0.39, 0.29) is 17.9 Å². The molecule has 1 fully saturated rings. The molecule has 0 aromatic heterocycles. The Kier molecular flexibility index (Phi) is 2.95. The summed E-state index contributed by atoms with van der Waals surface area (Å²) in [5.74, 6) is -0.296. The largest absolute Gasteiger partial charge is 0.274 e. The maximum absolute atomic E-state index is 10.8. The van der Waals surface area contributed by atoms with Gasteiger partial charge in [-0.1, -0.05) is 24.3 Å². The number of benzene rings is 1. The number of carbonyl (C=O) groups excluding carboxylic acids is 2. The number of amides is 2. The third kappa shape index (κ3) is 2.53. The van der Waals surface area contributed by atoms with E-state index in [9.17, 15) is 9.59 Å². The zero-order valence-electron chi connectivity index (χ0n) is 9.64. The topological polar surface area (TPSA) is 49.4 Å². The van der Waals surface area contributed by atoms with Crippen molar-refractivity contribution in [2.45, 2.75) is 19.4 Å². The third-order valence-electron chi connectivity index (χ3n) is 2.65. The Balaban J connectivity index is 0.000000148. The van der Waals surface area contributed by atoms with Gasteiger partial charge in [0.25, 0.3) is 0 Å². The molecule has 4 heteroatoms. The van der Waals surface area contributed by atoms with Crippen LogP contribution in [0.5, 0.6) is 0 Å². The molecule has 0 spiro atoms. The van der Waals surface area contributed by atoms with Gasteiger partial charge in [0, 0.05) is 6.92 Å². The van der Waals surface area contributed by atoms with E-state index in [0.717, 1.165) is 0 Å². The van der Waals surface area contributed by atoms with Crippen LogP contribution in [0.4, 0.5) is 0 Å². The molecule has 0 bridgehead atoms. The molecule has 0 saturated carbocycles. The summed E-state index contributed by atoms with van der Waals surface area (Å²) in [7, 11) is 0. The minimum atomic E-state index is -0.232. The molecule has 2 amide bonds. The van der Waals surface area contributed by atoms with Crippen LogP contribution < -0.4 is 5.43 Å². The molecule has 88 valence electrons. The van der Waals surface area contributed by atoms with E-state index in [1.165, 1.54) is 23.1 Å². The fraction of sp³-hybridized carbons (Fsp3) is 0.231. The van der Waals surface area contributed by atoms with Crippen LogP contribution in [0, 0.1) is 0 Å². The highest BCUT2D eigenvalue weighted by molar-refractivity contribution is 5.86. The molecule has 3 aliphatic rings. The van der Waals surface area contributed by atoms with Crippen LogP contribution in [0.1, 0.15) is 13.3 Å². The summed E-state index contributed by atoms with van der Waals surface area (Å²) in [4.78, 5) is 21.3. The van der Waals surface area contributed by atoms with Crippen LogP contribution in [-0.4, -0.2) is 22.9 Å². The van der Waals surface area contributed by atoms with Crippen molar-refractivity contribution in [1.82, 2.24) is 10.4 Å². The van der Waals surface area contributed by atoms with Gasteiger partial charge in [0.15, 0.2) is 0 Å².